The van der Waals surface area contributed by atoms with Crippen LogP contribution in [0.1, 0.15) is 26.3 Å². The van der Waals surface area contributed by atoms with E-state index in [1.807, 2.05) is 36.4 Å². The van der Waals surface area contributed by atoms with Crippen molar-refractivity contribution >= 4 is 29.0 Å². The van der Waals surface area contributed by atoms with Gasteiger partial charge in [-0.05, 0) is 35.2 Å². The molecule has 1 aliphatic heterocycles. The van der Waals surface area contributed by atoms with Gasteiger partial charge in [-0.1, -0.05) is 56.8 Å². The van der Waals surface area contributed by atoms with Crippen LogP contribution in [0.4, 0.5) is 11.4 Å². The molecule has 0 atom stereocenters. The number of hydrogen-bond acceptors (Lipinski definition) is 7. The number of benzene rings is 2. The van der Waals surface area contributed by atoms with Crippen LogP contribution in [0.15, 0.2) is 53.7 Å². The van der Waals surface area contributed by atoms with Crippen molar-refractivity contribution in [2.75, 3.05) is 48.1 Å². The minimum absolute atomic E-state index is 0.0755. The van der Waals surface area contributed by atoms with Crippen LogP contribution in [0.2, 0.25) is 0 Å². The molecule has 0 aliphatic carbocycles. The molecule has 3 N–H and O–H groups in total. The second-order valence-electron chi connectivity index (χ2n) is 8.99. The molecule has 0 unspecified atom stereocenters. The standard InChI is InChI=1S/C24H30N6O2S/c1-24(2,3)18-6-4-17(5-7-18)22-27-28-23(30(22)25)33-16-21(31)26-19-8-10-20(11-9-19)29-12-14-32-15-13-29/h4-11H,12-16,25H2,1-3H3,(H,26,31). The molecule has 0 radical (unpaired) electrons. The predicted molar refractivity (Wildman–Crippen MR) is 133 cm³/mol. The maximum absolute atomic E-state index is 12.4. The van der Waals surface area contributed by atoms with E-state index in [0.717, 1.165) is 43.2 Å². The summed E-state index contributed by atoms with van der Waals surface area (Å²) in [6.07, 6.45) is 0. The van der Waals surface area contributed by atoms with Gasteiger partial charge in [-0.3, -0.25) is 4.79 Å². The van der Waals surface area contributed by atoms with Gasteiger partial charge < -0.3 is 20.8 Å². The maximum atomic E-state index is 12.4. The van der Waals surface area contributed by atoms with Crippen molar-refractivity contribution in [3.05, 3.63) is 54.1 Å². The number of nitrogen functional groups attached to an aromatic ring is 1. The van der Waals surface area contributed by atoms with Gasteiger partial charge in [0.1, 0.15) is 0 Å². The molecule has 9 heteroatoms. The van der Waals surface area contributed by atoms with Gasteiger partial charge in [0.15, 0.2) is 5.82 Å². The lowest BCUT2D eigenvalue weighted by molar-refractivity contribution is -0.113. The highest BCUT2D eigenvalue weighted by Crippen LogP contribution is 2.26. The van der Waals surface area contributed by atoms with Crippen LogP contribution < -0.4 is 16.1 Å². The Bertz CT molecular complexity index is 1080. The number of hydrogen-bond donors (Lipinski definition) is 2. The van der Waals surface area contributed by atoms with Gasteiger partial charge in [0.2, 0.25) is 11.1 Å². The quantitative estimate of drug-likeness (QED) is 0.424. The molecule has 0 spiro atoms. The van der Waals surface area contributed by atoms with Crippen LogP contribution >= 0.6 is 11.8 Å². The minimum atomic E-state index is -0.127. The number of thioether (sulfide) groups is 1. The van der Waals surface area contributed by atoms with E-state index in [-0.39, 0.29) is 17.1 Å². The van der Waals surface area contributed by atoms with Crippen LogP contribution in [-0.4, -0.2) is 52.8 Å². The number of amides is 1. The van der Waals surface area contributed by atoms with Gasteiger partial charge in [-0.2, -0.15) is 0 Å². The SMILES string of the molecule is CC(C)(C)c1ccc(-c2nnc(SCC(=O)Nc3ccc(N4CCOCC4)cc3)n2N)cc1. The molecule has 33 heavy (non-hydrogen) atoms. The number of morpholine rings is 1. The smallest absolute Gasteiger partial charge is 0.234 e. The molecule has 3 aromatic rings. The third-order valence-electron chi connectivity index (χ3n) is 5.53. The van der Waals surface area contributed by atoms with E-state index in [1.54, 1.807) is 0 Å². The summed E-state index contributed by atoms with van der Waals surface area (Å²) >= 11 is 1.25. The lowest BCUT2D eigenvalue weighted by atomic mass is 9.87. The Morgan fingerprint density at radius 1 is 1.06 bits per heavy atom. The molecule has 1 fully saturated rings. The molecule has 1 aliphatic rings. The van der Waals surface area contributed by atoms with E-state index in [4.69, 9.17) is 10.6 Å². The van der Waals surface area contributed by atoms with Crippen LogP contribution in [0.3, 0.4) is 0 Å². The van der Waals surface area contributed by atoms with Gasteiger partial charge in [-0.25, -0.2) is 4.68 Å². The first-order valence-corrected chi connectivity index (χ1v) is 12.0. The number of nitrogens with zero attached hydrogens (tertiary/aromatic N) is 4. The van der Waals surface area contributed by atoms with Crippen LogP contribution in [0.25, 0.3) is 11.4 Å². The second kappa shape index (κ2) is 9.84. The summed E-state index contributed by atoms with van der Waals surface area (Å²) in [6, 6.07) is 16.0. The molecule has 1 amide bonds. The number of nitrogens with two attached hydrogens (primary N) is 1. The highest BCUT2D eigenvalue weighted by atomic mass is 32.2. The maximum Gasteiger partial charge on any atom is 0.234 e. The van der Waals surface area contributed by atoms with Crippen molar-refractivity contribution in [1.29, 1.82) is 0 Å². The Morgan fingerprint density at radius 3 is 2.36 bits per heavy atom. The van der Waals surface area contributed by atoms with E-state index in [2.05, 4.69) is 53.3 Å². The largest absolute Gasteiger partial charge is 0.378 e. The van der Waals surface area contributed by atoms with Gasteiger partial charge in [0, 0.05) is 30.0 Å². The van der Waals surface area contributed by atoms with E-state index in [9.17, 15) is 4.79 Å². The molecule has 2 aromatic carbocycles. The van der Waals surface area contributed by atoms with E-state index < -0.39 is 0 Å². The number of carbonyl (C=O) groups excluding carboxylic acids is 1. The monoisotopic (exact) mass is 466 g/mol. The molecule has 1 aromatic heterocycles. The zero-order chi connectivity index (χ0) is 23.4. The number of ether oxygens (including phenoxy) is 1. The summed E-state index contributed by atoms with van der Waals surface area (Å²) in [6.45, 7) is 9.76. The zero-order valence-electron chi connectivity index (χ0n) is 19.2. The molecule has 2 heterocycles. The summed E-state index contributed by atoms with van der Waals surface area (Å²) in [5, 5.41) is 11.8. The minimum Gasteiger partial charge on any atom is -0.378 e. The topological polar surface area (TPSA) is 98.3 Å². The fourth-order valence-electron chi connectivity index (χ4n) is 3.60. The fraction of sp³-hybridized carbons (Fsp3) is 0.375. The molecule has 8 nitrogen and oxygen atoms in total. The third-order valence-corrected chi connectivity index (χ3v) is 6.48. The Morgan fingerprint density at radius 2 is 1.73 bits per heavy atom. The molecular formula is C24H30N6O2S. The summed E-state index contributed by atoms with van der Waals surface area (Å²) in [5.74, 6) is 6.84. The molecule has 0 bridgehead atoms. The highest BCUT2D eigenvalue weighted by Gasteiger charge is 2.17. The van der Waals surface area contributed by atoms with E-state index >= 15 is 0 Å². The average Bonchev–Trinajstić information content (AvgIpc) is 3.18. The van der Waals surface area contributed by atoms with Crippen molar-refractivity contribution in [1.82, 2.24) is 14.9 Å². The van der Waals surface area contributed by atoms with Crippen molar-refractivity contribution < 1.29 is 9.53 Å². The summed E-state index contributed by atoms with van der Waals surface area (Å²) in [5.41, 5.74) is 4.08. The molecule has 0 saturated carbocycles. The Kier molecular flexibility index (Phi) is 6.90. The molecular weight excluding hydrogens is 436 g/mol. The second-order valence-corrected chi connectivity index (χ2v) is 9.93. The summed E-state index contributed by atoms with van der Waals surface area (Å²) < 4.78 is 6.82. The Labute approximate surface area is 198 Å². The van der Waals surface area contributed by atoms with E-state index in [0.29, 0.717) is 11.0 Å². The van der Waals surface area contributed by atoms with E-state index in [1.165, 1.54) is 22.0 Å². The fourth-order valence-corrected chi connectivity index (χ4v) is 4.25. The first kappa shape index (κ1) is 23.1. The molecule has 1 saturated heterocycles. The molecule has 4 rings (SSSR count). The van der Waals surface area contributed by atoms with Gasteiger partial charge in [0.25, 0.3) is 0 Å². The van der Waals surface area contributed by atoms with Crippen LogP contribution in [-0.2, 0) is 14.9 Å². The van der Waals surface area contributed by atoms with Gasteiger partial charge in [0.05, 0.1) is 19.0 Å². The van der Waals surface area contributed by atoms with Crippen molar-refractivity contribution in [2.45, 2.75) is 31.3 Å². The first-order chi connectivity index (χ1) is 15.8. The first-order valence-electron chi connectivity index (χ1n) is 11.0. The summed E-state index contributed by atoms with van der Waals surface area (Å²) in [7, 11) is 0. The lowest BCUT2D eigenvalue weighted by Gasteiger charge is -2.28. The van der Waals surface area contributed by atoms with Crippen molar-refractivity contribution in [3.8, 4) is 11.4 Å². The summed E-state index contributed by atoms with van der Waals surface area (Å²) in [4.78, 5) is 14.7. The van der Waals surface area contributed by atoms with Gasteiger partial charge >= 0.3 is 0 Å². The third kappa shape index (κ3) is 5.66. The number of rotatable bonds is 6. The highest BCUT2D eigenvalue weighted by molar-refractivity contribution is 7.99. The average molecular weight is 467 g/mol. The number of aromatic nitrogens is 3. The zero-order valence-corrected chi connectivity index (χ0v) is 20.1. The predicted octanol–water partition coefficient (Wildman–Crippen LogP) is 3.52. The van der Waals surface area contributed by atoms with Crippen LogP contribution in [0, 0.1) is 0 Å². The lowest BCUT2D eigenvalue weighted by Crippen LogP contribution is -2.36. The normalized spacial score (nSPS) is 14.3. The Hall–Kier alpha value is -3.04. The van der Waals surface area contributed by atoms with Crippen molar-refractivity contribution in [2.24, 2.45) is 0 Å². The van der Waals surface area contributed by atoms with Crippen LogP contribution in [0.5, 0.6) is 0 Å². The van der Waals surface area contributed by atoms with Gasteiger partial charge in [-0.15, -0.1) is 10.2 Å². The number of anilines is 2. The van der Waals surface area contributed by atoms with Crippen molar-refractivity contribution in [3.63, 3.8) is 0 Å². The number of nitrogens with one attached hydrogen (secondary N) is 1. The Balaban J connectivity index is 1.33. The number of carbonyl (C=O) groups is 1. The molecule has 174 valence electrons.